The minimum absolute atomic E-state index is 0.294. The predicted octanol–water partition coefficient (Wildman–Crippen LogP) is 2.86. The average Bonchev–Trinajstić information content (AvgIpc) is 2.26. The summed E-state index contributed by atoms with van der Waals surface area (Å²) >= 11 is 0. The van der Waals surface area contributed by atoms with Crippen LogP contribution in [0.2, 0.25) is 13.6 Å². The highest BCUT2D eigenvalue weighted by Gasteiger charge is 2.12. The summed E-state index contributed by atoms with van der Waals surface area (Å²) in [4.78, 5) is 0. The fraction of sp³-hybridized carbons (Fsp3) is 0.571. The highest BCUT2D eigenvalue weighted by atomic mass is 16.4. The van der Waals surface area contributed by atoms with Crippen LogP contribution in [0.3, 0.4) is 0 Å². The normalized spacial score (nSPS) is 12.8. The van der Waals surface area contributed by atoms with Gasteiger partial charge in [-0.15, -0.1) is 0 Å². The first-order chi connectivity index (χ1) is 8.08. The zero-order valence-electron chi connectivity index (χ0n) is 11.4. The first-order valence-corrected chi connectivity index (χ1v) is 6.49. The lowest BCUT2D eigenvalue weighted by molar-refractivity contribution is 0.259. The highest BCUT2D eigenvalue weighted by molar-refractivity contribution is 6.48. The number of benzene rings is 1. The van der Waals surface area contributed by atoms with Gasteiger partial charge in [0.25, 0.3) is 6.92 Å². The van der Waals surface area contributed by atoms with Gasteiger partial charge >= 0.3 is 0 Å². The number of rotatable bonds is 7. The molecular weight excluding hydrogens is 209 g/mol. The summed E-state index contributed by atoms with van der Waals surface area (Å²) in [6.45, 7) is 9.57. The second-order valence-electron chi connectivity index (χ2n) is 5.09. The van der Waals surface area contributed by atoms with Crippen molar-refractivity contribution in [1.82, 2.24) is 5.32 Å². The molecule has 0 spiro atoms. The Morgan fingerprint density at radius 2 is 1.82 bits per heavy atom. The van der Waals surface area contributed by atoms with Crippen molar-refractivity contribution in [1.29, 1.82) is 0 Å². The highest BCUT2D eigenvalue weighted by Crippen LogP contribution is 2.05. The van der Waals surface area contributed by atoms with Gasteiger partial charge in [0.05, 0.1) is 0 Å². The third-order valence-electron chi connectivity index (χ3n) is 2.52. The summed E-state index contributed by atoms with van der Waals surface area (Å²) in [5.74, 6) is 0. The van der Waals surface area contributed by atoms with E-state index in [-0.39, 0.29) is 0 Å². The summed E-state index contributed by atoms with van der Waals surface area (Å²) in [7, 11) is 0. The molecule has 0 aromatic heterocycles. The SMILES string of the molecule is CB(C)OC[C@H](Cc1ccccc1)NC(C)C. The van der Waals surface area contributed by atoms with E-state index in [1.165, 1.54) is 5.56 Å². The van der Waals surface area contributed by atoms with Crippen LogP contribution < -0.4 is 5.32 Å². The van der Waals surface area contributed by atoms with E-state index in [0.717, 1.165) is 13.0 Å². The Balaban J connectivity index is 2.51. The van der Waals surface area contributed by atoms with Crippen molar-refractivity contribution in [2.45, 2.75) is 46.0 Å². The molecular formula is C14H24BNO. The summed E-state index contributed by atoms with van der Waals surface area (Å²) in [6.07, 6.45) is 1.02. The smallest absolute Gasteiger partial charge is 0.286 e. The van der Waals surface area contributed by atoms with Gasteiger partial charge in [-0.25, -0.2) is 0 Å². The van der Waals surface area contributed by atoms with Gasteiger partial charge in [0, 0.05) is 18.7 Å². The lowest BCUT2D eigenvalue weighted by Crippen LogP contribution is -2.40. The van der Waals surface area contributed by atoms with Gasteiger partial charge < -0.3 is 9.97 Å². The van der Waals surface area contributed by atoms with Crippen LogP contribution >= 0.6 is 0 Å². The number of hydrogen-bond acceptors (Lipinski definition) is 2. The molecule has 0 bridgehead atoms. The van der Waals surface area contributed by atoms with E-state index in [9.17, 15) is 0 Å². The zero-order chi connectivity index (χ0) is 12.7. The van der Waals surface area contributed by atoms with E-state index in [4.69, 9.17) is 4.65 Å². The molecule has 0 amide bonds. The van der Waals surface area contributed by atoms with Gasteiger partial charge in [-0.05, 0) is 12.0 Å². The summed E-state index contributed by atoms with van der Waals surface area (Å²) < 4.78 is 5.71. The maximum Gasteiger partial charge on any atom is 0.286 e. The molecule has 0 unspecified atom stereocenters. The molecule has 1 rings (SSSR count). The van der Waals surface area contributed by atoms with Crippen molar-refractivity contribution in [3.63, 3.8) is 0 Å². The topological polar surface area (TPSA) is 21.3 Å². The first kappa shape index (κ1) is 14.3. The van der Waals surface area contributed by atoms with Crippen LogP contribution in [-0.4, -0.2) is 25.6 Å². The maximum atomic E-state index is 5.71. The second kappa shape index (κ2) is 7.52. The van der Waals surface area contributed by atoms with E-state index in [0.29, 0.717) is 19.0 Å². The molecule has 0 saturated carbocycles. The molecule has 0 radical (unpaired) electrons. The van der Waals surface area contributed by atoms with Gasteiger partial charge in [-0.2, -0.15) is 0 Å². The Kier molecular flexibility index (Phi) is 6.31. The molecule has 0 heterocycles. The largest absolute Gasteiger partial charge is 0.435 e. The fourth-order valence-corrected chi connectivity index (χ4v) is 1.84. The van der Waals surface area contributed by atoms with Crippen LogP contribution in [0, 0.1) is 0 Å². The van der Waals surface area contributed by atoms with Crippen molar-refractivity contribution in [2.24, 2.45) is 0 Å². The Labute approximate surface area is 106 Å². The van der Waals surface area contributed by atoms with Crippen LogP contribution in [0.4, 0.5) is 0 Å². The molecule has 0 saturated heterocycles. The van der Waals surface area contributed by atoms with Crippen molar-refractivity contribution < 1.29 is 4.65 Å². The van der Waals surface area contributed by atoms with Crippen LogP contribution in [0.15, 0.2) is 30.3 Å². The van der Waals surface area contributed by atoms with E-state index < -0.39 is 0 Å². The molecule has 1 aromatic rings. The first-order valence-electron chi connectivity index (χ1n) is 6.49. The minimum Gasteiger partial charge on any atom is -0.435 e. The summed E-state index contributed by atoms with van der Waals surface area (Å²) in [5.41, 5.74) is 1.36. The van der Waals surface area contributed by atoms with Crippen molar-refractivity contribution >= 4 is 6.92 Å². The summed E-state index contributed by atoms with van der Waals surface area (Å²) in [5, 5.41) is 3.56. The van der Waals surface area contributed by atoms with Crippen molar-refractivity contribution in [3.05, 3.63) is 35.9 Å². The van der Waals surface area contributed by atoms with Crippen LogP contribution in [0.1, 0.15) is 19.4 Å². The van der Waals surface area contributed by atoms with Gasteiger partial charge in [-0.3, -0.25) is 0 Å². The van der Waals surface area contributed by atoms with E-state index in [2.05, 4.69) is 63.1 Å². The third kappa shape index (κ3) is 6.49. The molecule has 0 aliphatic rings. The van der Waals surface area contributed by atoms with Gasteiger partial charge in [0.1, 0.15) is 0 Å². The molecule has 94 valence electrons. The van der Waals surface area contributed by atoms with Crippen molar-refractivity contribution in [3.8, 4) is 0 Å². The molecule has 17 heavy (non-hydrogen) atoms. The van der Waals surface area contributed by atoms with Gasteiger partial charge in [-0.1, -0.05) is 57.8 Å². The molecule has 2 nitrogen and oxygen atoms in total. The molecule has 1 N–H and O–H groups in total. The van der Waals surface area contributed by atoms with Gasteiger partial charge in [0.2, 0.25) is 0 Å². The summed E-state index contributed by atoms with van der Waals surface area (Å²) in [6, 6.07) is 11.4. The molecule has 1 atom stereocenters. The Hall–Kier alpha value is -0.795. The second-order valence-corrected chi connectivity index (χ2v) is 5.09. The van der Waals surface area contributed by atoms with E-state index >= 15 is 0 Å². The lowest BCUT2D eigenvalue weighted by Gasteiger charge is -2.22. The number of hydrogen-bond donors (Lipinski definition) is 1. The predicted molar refractivity (Wildman–Crippen MR) is 75.6 cm³/mol. The maximum absolute atomic E-state index is 5.71. The molecule has 0 aliphatic heterocycles. The zero-order valence-corrected chi connectivity index (χ0v) is 11.4. The lowest BCUT2D eigenvalue weighted by atomic mass is 9.75. The molecule has 0 aliphatic carbocycles. The quantitative estimate of drug-likeness (QED) is 0.731. The molecule has 1 aromatic carbocycles. The Morgan fingerprint density at radius 3 is 2.35 bits per heavy atom. The fourth-order valence-electron chi connectivity index (χ4n) is 1.84. The monoisotopic (exact) mass is 233 g/mol. The van der Waals surface area contributed by atoms with E-state index in [1.54, 1.807) is 0 Å². The minimum atomic E-state index is 0.294. The van der Waals surface area contributed by atoms with Crippen molar-refractivity contribution in [2.75, 3.05) is 6.61 Å². The van der Waals surface area contributed by atoms with Crippen LogP contribution in [-0.2, 0) is 11.1 Å². The van der Waals surface area contributed by atoms with Crippen LogP contribution in [0.25, 0.3) is 0 Å². The van der Waals surface area contributed by atoms with Gasteiger partial charge in [0.15, 0.2) is 0 Å². The number of nitrogens with one attached hydrogen (secondary N) is 1. The molecule has 3 heteroatoms. The third-order valence-corrected chi connectivity index (χ3v) is 2.52. The average molecular weight is 233 g/mol. The standard InChI is InChI=1S/C14H24BNO/c1-12(2)16-14(11-17-15(3)4)10-13-8-6-5-7-9-13/h5-9,12,14,16H,10-11H2,1-4H3/t14-/m0/s1. The molecule has 0 fully saturated rings. The Bertz CT molecular complexity index is 300. The Morgan fingerprint density at radius 1 is 1.18 bits per heavy atom. The van der Waals surface area contributed by atoms with E-state index in [1.807, 2.05) is 0 Å². The van der Waals surface area contributed by atoms with Crippen LogP contribution in [0.5, 0.6) is 0 Å².